The molecule has 1 N–H and O–H groups in total. The number of aromatic nitrogens is 2. The molecular weight excluding hydrogens is 188 g/mol. The van der Waals surface area contributed by atoms with Crippen LogP contribution in [-0.2, 0) is 11.0 Å². The van der Waals surface area contributed by atoms with E-state index in [9.17, 15) is 5.11 Å². The first-order valence-corrected chi connectivity index (χ1v) is 5.34. The molecule has 0 atom stereocenters. The Morgan fingerprint density at radius 3 is 1.80 bits per heavy atom. The van der Waals surface area contributed by atoms with Crippen LogP contribution in [0.3, 0.4) is 0 Å². The fourth-order valence-electron chi connectivity index (χ4n) is 1.68. The summed E-state index contributed by atoms with van der Waals surface area (Å²) in [5.41, 5.74) is 1.41. The normalized spacial score (nSPS) is 13.3. The molecule has 0 aliphatic carbocycles. The quantitative estimate of drug-likeness (QED) is 0.715. The predicted octanol–water partition coefficient (Wildman–Crippen LogP) is 2.95. The molecule has 1 rings (SSSR count). The fraction of sp³-hybridized carbons (Fsp3) is 0.750. The highest BCUT2D eigenvalue weighted by Gasteiger charge is 2.30. The van der Waals surface area contributed by atoms with Crippen molar-refractivity contribution >= 4 is 0 Å². The van der Waals surface area contributed by atoms with E-state index in [-0.39, 0.29) is 11.0 Å². The van der Waals surface area contributed by atoms with Crippen LogP contribution in [0.2, 0.25) is 0 Å². The molecule has 0 aliphatic heterocycles. The Bertz CT molecular complexity index is 364. The average molecular weight is 210 g/mol. The molecule has 15 heavy (non-hydrogen) atoms. The van der Waals surface area contributed by atoms with E-state index in [0.29, 0.717) is 11.4 Å². The Labute approximate surface area is 92.1 Å². The van der Waals surface area contributed by atoms with E-state index in [1.165, 1.54) is 0 Å². The zero-order valence-corrected chi connectivity index (χ0v) is 10.8. The number of aryl methyl sites for hydroxylation is 1. The van der Waals surface area contributed by atoms with Crippen molar-refractivity contribution in [1.29, 1.82) is 0 Å². The lowest BCUT2D eigenvalue weighted by Crippen LogP contribution is -2.30. The lowest BCUT2D eigenvalue weighted by Gasteiger charge is -2.28. The van der Waals surface area contributed by atoms with Gasteiger partial charge in [0.1, 0.15) is 5.69 Å². The van der Waals surface area contributed by atoms with E-state index in [1.807, 2.05) is 11.6 Å². The summed E-state index contributed by atoms with van der Waals surface area (Å²) in [6, 6.07) is 0. The Hall–Kier alpha value is -0.990. The lowest BCUT2D eigenvalue weighted by molar-refractivity contribution is 0.315. The molecule has 86 valence electrons. The van der Waals surface area contributed by atoms with Crippen LogP contribution in [0, 0.1) is 6.92 Å². The van der Waals surface area contributed by atoms with Crippen LogP contribution in [0.25, 0.3) is 0 Å². The monoisotopic (exact) mass is 210 g/mol. The Morgan fingerprint density at radius 1 is 1.07 bits per heavy atom. The second-order valence-electron chi connectivity index (χ2n) is 6.12. The van der Waals surface area contributed by atoms with Gasteiger partial charge in [-0.05, 0) is 27.7 Å². The van der Waals surface area contributed by atoms with Gasteiger partial charge in [0.05, 0.1) is 11.2 Å². The molecule has 0 fully saturated rings. The molecule has 1 heterocycles. The van der Waals surface area contributed by atoms with E-state index in [1.54, 1.807) is 0 Å². The van der Waals surface area contributed by atoms with Crippen molar-refractivity contribution in [2.24, 2.45) is 0 Å². The average Bonchev–Trinajstić information content (AvgIpc) is 2.25. The van der Waals surface area contributed by atoms with Crippen molar-refractivity contribution < 1.29 is 5.11 Å². The number of nitrogens with zero attached hydrogens (tertiary/aromatic N) is 2. The van der Waals surface area contributed by atoms with Gasteiger partial charge in [-0.2, -0.15) is 5.10 Å². The van der Waals surface area contributed by atoms with Crippen LogP contribution in [0.15, 0.2) is 0 Å². The van der Waals surface area contributed by atoms with E-state index in [0.717, 1.165) is 5.69 Å². The molecule has 1 aromatic rings. The molecule has 0 radical (unpaired) electrons. The second-order valence-corrected chi connectivity index (χ2v) is 6.12. The smallest absolute Gasteiger partial charge is 0.160 e. The molecule has 3 nitrogen and oxygen atoms in total. The topological polar surface area (TPSA) is 38.0 Å². The van der Waals surface area contributed by atoms with Gasteiger partial charge in [0, 0.05) is 5.41 Å². The van der Waals surface area contributed by atoms with E-state index < -0.39 is 0 Å². The summed E-state index contributed by atoms with van der Waals surface area (Å²) >= 11 is 0. The highest BCUT2D eigenvalue weighted by molar-refractivity contribution is 5.36. The maximum absolute atomic E-state index is 10.0. The predicted molar refractivity (Wildman–Crippen MR) is 62.3 cm³/mol. The summed E-state index contributed by atoms with van der Waals surface area (Å²) in [6.45, 7) is 14.4. The largest absolute Gasteiger partial charge is 0.504 e. The zero-order valence-electron chi connectivity index (χ0n) is 10.8. The molecule has 0 spiro atoms. The number of rotatable bonds is 0. The van der Waals surface area contributed by atoms with Gasteiger partial charge < -0.3 is 5.11 Å². The molecule has 0 amide bonds. The first-order chi connectivity index (χ1) is 6.55. The second kappa shape index (κ2) is 3.26. The molecule has 0 saturated heterocycles. The van der Waals surface area contributed by atoms with Crippen LogP contribution in [-0.4, -0.2) is 14.9 Å². The van der Waals surface area contributed by atoms with Gasteiger partial charge in [-0.25, -0.2) is 0 Å². The maximum atomic E-state index is 10.0. The van der Waals surface area contributed by atoms with E-state index in [2.05, 4.69) is 46.6 Å². The van der Waals surface area contributed by atoms with Gasteiger partial charge in [-0.15, -0.1) is 0 Å². The van der Waals surface area contributed by atoms with Crippen molar-refractivity contribution in [2.45, 2.75) is 59.4 Å². The van der Waals surface area contributed by atoms with Gasteiger partial charge in [0.25, 0.3) is 0 Å². The van der Waals surface area contributed by atoms with Crippen LogP contribution in [0.1, 0.15) is 52.9 Å². The minimum Gasteiger partial charge on any atom is -0.504 e. The SMILES string of the molecule is Cc1nn(C(C)(C)C)c(C(C)(C)C)c1O. The third kappa shape index (κ3) is 2.16. The molecule has 0 bridgehead atoms. The van der Waals surface area contributed by atoms with Gasteiger partial charge in [-0.1, -0.05) is 20.8 Å². The maximum Gasteiger partial charge on any atom is 0.160 e. The summed E-state index contributed by atoms with van der Waals surface area (Å²) in [5.74, 6) is 0.331. The number of hydrogen-bond acceptors (Lipinski definition) is 2. The molecule has 0 aromatic carbocycles. The van der Waals surface area contributed by atoms with Gasteiger partial charge in [0.15, 0.2) is 5.75 Å². The Morgan fingerprint density at radius 2 is 1.53 bits per heavy atom. The third-order valence-electron chi connectivity index (χ3n) is 2.37. The summed E-state index contributed by atoms with van der Waals surface area (Å²) in [5, 5.41) is 14.4. The third-order valence-corrected chi connectivity index (χ3v) is 2.37. The van der Waals surface area contributed by atoms with Crippen LogP contribution in [0.4, 0.5) is 0 Å². The Kier molecular flexibility index (Phi) is 2.62. The minimum atomic E-state index is -0.103. The molecule has 1 aromatic heterocycles. The van der Waals surface area contributed by atoms with Crippen LogP contribution >= 0.6 is 0 Å². The first-order valence-electron chi connectivity index (χ1n) is 5.34. The highest BCUT2D eigenvalue weighted by Crippen LogP contribution is 2.35. The van der Waals surface area contributed by atoms with E-state index in [4.69, 9.17) is 0 Å². The number of hydrogen-bond donors (Lipinski definition) is 1. The highest BCUT2D eigenvalue weighted by atomic mass is 16.3. The van der Waals surface area contributed by atoms with Gasteiger partial charge >= 0.3 is 0 Å². The summed E-state index contributed by atoms with van der Waals surface area (Å²) in [7, 11) is 0. The lowest BCUT2D eigenvalue weighted by atomic mass is 9.90. The molecule has 0 unspecified atom stereocenters. The zero-order chi connectivity index (χ0) is 12.0. The van der Waals surface area contributed by atoms with E-state index >= 15 is 0 Å². The van der Waals surface area contributed by atoms with Gasteiger partial charge in [-0.3, -0.25) is 4.68 Å². The summed E-state index contributed by atoms with van der Waals surface area (Å²) in [4.78, 5) is 0. The fourth-order valence-corrected chi connectivity index (χ4v) is 1.68. The van der Waals surface area contributed by atoms with Crippen molar-refractivity contribution in [2.75, 3.05) is 0 Å². The summed E-state index contributed by atoms with van der Waals surface area (Å²) < 4.78 is 1.93. The minimum absolute atomic E-state index is 0.0986. The van der Waals surface area contributed by atoms with Gasteiger partial charge in [0.2, 0.25) is 0 Å². The van der Waals surface area contributed by atoms with Crippen molar-refractivity contribution in [3.05, 3.63) is 11.4 Å². The number of aromatic hydroxyl groups is 1. The standard InChI is InChI=1S/C12H22N2O/c1-8-9(15)10(11(2,3)4)14(13-8)12(5,6)7/h15H,1-7H3. The Balaban J connectivity index is 3.48. The van der Waals surface area contributed by atoms with Crippen LogP contribution in [0.5, 0.6) is 5.75 Å². The van der Waals surface area contributed by atoms with Crippen LogP contribution < -0.4 is 0 Å². The molecule has 3 heteroatoms. The molecular formula is C12H22N2O. The summed E-state index contributed by atoms with van der Waals surface area (Å²) in [6.07, 6.45) is 0. The van der Waals surface area contributed by atoms with Crippen molar-refractivity contribution in [3.63, 3.8) is 0 Å². The van der Waals surface area contributed by atoms with Crippen molar-refractivity contribution in [3.8, 4) is 5.75 Å². The molecule has 0 saturated carbocycles. The molecule has 0 aliphatic rings. The first kappa shape index (κ1) is 12.1. The van der Waals surface area contributed by atoms with Crippen molar-refractivity contribution in [1.82, 2.24) is 9.78 Å².